The van der Waals surface area contributed by atoms with Crippen LogP contribution >= 0.6 is 0 Å². The molecule has 116 valence electrons. The van der Waals surface area contributed by atoms with Crippen LogP contribution in [0.5, 0.6) is 0 Å². The van der Waals surface area contributed by atoms with Crippen LogP contribution in [0, 0.1) is 20.2 Å². The molecule has 0 atom stereocenters. The summed E-state index contributed by atoms with van der Waals surface area (Å²) in [7, 11) is -4.67. The zero-order chi connectivity index (χ0) is 16.8. The molecule has 1 aromatic rings. The quantitative estimate of drug-likeness (QED) is 0.187. The summed E-state index contributed by atoms with van der Waals surface area (Å²) in [6.45, 7) is 0. The highest BCUT2D eigenvalue weighted by Gasteiger charge is 2.19. The molecular formula is C7H9N5O8S. The van der Waals surface area contributed by atoms with Gasteiger partial charge in [0.25, 0.3) is 5.69 Å². The molecule has 1 aromatic carbocycles. The van der Waals surface area contributed by atoms with Crippen LogP contribution in [0.4, 0.5) is 17.1 Å². The number of nitro groups is 2. The highest BCUT2D eigenvalue weighted by Crippen LogP contribution is 2.30. The minimum Gasteiger partial charge on any atom is -0.370 e. The molecule has 0 amide bonds. The second kappa shape index (κ2) is 7.08. The van der Waals surface area contributed by atoms with Gasteiger partial charge in [0.2, 0.25) is 0 Å². The van der Waals surface area contributed by atoms with Gasteiger partial charge in [-0.3, -0.25) is 29.3 Å². The number of guanidine groups is 1. The van der Waals surface area contributed by atoms with Crippen LogP contribution in [0.25, 0.3) is 0 Å². The molecule has 1 rings (SSSR count). The Labute approximate surface area is 116 Å². The Bertz CT molecular complexity index is 672. The maximum Gasteiger partial charge on any atom is 0.394 e. The molecule has 0 aromatic heterocycles. The Morgan fingerprint density at radius 2 is 1.62 bits per heavy atom. The van der Waals surface area contributed by atoms with Crippen molar-refractivity contribution in [2.75, 3.05) is 0 Å². The molecule has 0 radical (unpaired) electrons. The van der Waals surface area contributed by atoms with E-state index in [1.54, 1.807) is 0 Å². The van der Waals surface area contributed by atoms with Gasteiger partial charge in [0.05, 0.1) is 15.9 Å². The molecule has 0 aliphatic carbocycles. The third kappa shape index (κ3) is 8.03. The van der Waals surface area contributed by atoms with E-state index in [-0.39, 0.29) is 11.6 Å². The van der Waals surface area contributed by atoms with Crippen molar-refractivity contribution in [1.82, 2.24) is 0 Å². The van der Waals surface area contributed by atoms with E-state index in [4.69, 9.17) is 29.0 Å². The van der Waals surface area contributed by atoms with E-state index in [1.807, 2.05) is 0 Å². The molecule has 0 unspecified atom stereocenters. The largest absolute Gasteiger partial charge is 0.394 e. The van der Waals surface area contributed by atoms with E-state index in [0.717, 1.165) is 18.2 Å². The van der Waals surface area contributed by atoms with Gasteiger partial charge in [-0.1, -0.05) is 0 Å². The zero-order valence-electron chi connectivity index (χ0n) is 9.98. The summed E-state index contributed by atoms with van der Waals surface area (Å²) < 4.78 is 31.6. The van der Waals surface area contributed by atoms with Gasteiger partial charge in [-0.15, -0.1) is 0 Å². The number of nitrogens with zero attached hydrogens (tertiary/aromatic N) is 3. The predicted molar refractivity (Wildman–Crippen MR) is 69.4 cm³/mol. The lowest BCUT2D eigenvalue weighted by Gasteiger charge is -1.97. The Kier molecular flexibility index (Phi) is 6.12. The van der Waals surface area contributed by atoms with Gasteiger partial charge < -0.3 is 11.5 Å². The summed E-state index contributed by atoms with van der Waals surface area (Å²) in [5.74, 6) is -0.364. The van der Waals surface area contributed by atoms with Gasteiger partial charge in [-0.2, -0.15) is 8.42 Å². The number of hydrogen-bond acceptors (Lipinski definition) is 7. The first-order chi connectivity index (χ1) is 9.41. The molecule has 14 heteroatoms. The number of nitro benzene ring substituents is 2. The zero-order valence-corrected chi connectivity index (χ0v) is 10.8. The van der Waals surface area contributed by atoms with E-state index in [1.165, 1.54) is 0 Å². The molecule has 0 spiro atoms. The van der Waals surface area contributed by atoms with Gasteiger partial charge in [-0.25, -0.2) is 4.99 Å². The third-order valence-electron chi connectivity index (χ3n) is 1.62. The lowest BCUT2D eigenvalue weighted by Crippen LogP contribution is -2.22. The van der Waals surface area contributed by atoms with Gasteiger partial charge in [0.15, 0.2) is 5.96 Å². The van der Waals surface area contributed by atoms with Crippen LogP contribution < -0.4 is 11.5 Å². The average molecular weight is 323 g/mol. The average Bonchev–Trinajstić information content (AvgIpc) is 2.25. The van der Waals surface area contributed by atoms with Crippen molar-refractivity contribution in [2.24, 2.45) is 16.5 Å². The second-order valence-electron chi connectivity index (χ2n) is 3.17. The first-order valence-electron chi connectivity index (χ1n) is 4.64. The summed E-state index contributed by atoms with van der Waals surface area (Å²) in [5.41, 5.74) is 9.07. The molecule has 6 N–H and O–H groups in total. The van der Waals surface area contributed by atoms with E-state index in [0.29, 0.717) is 0 Å². The van der Waals surface area contributed by atoms with E-state index in [9.17, 15) is 20.2 Å². The summed E-state index contributed by atoms with van der Waals surface area (Å²) >= 11 is 0. The molecule has 21 heavy (non-hydrogen) atoms. The second-order valence-corrected chi connectivity index (χ2v) is 4.07. The van der Waals surface area contributed by atoms with Crippen molar-refractivity contribution in [2.45, 2.75) is 0 Å². The molecule has 0 saturated heterocycles. The first kappa shape index (κ1) is 18.2. The van der Waals surface area contributed by atoms with Crippen molar-refractivity contribution in [3.05, 3.63) is 38.4 Å². The maximum absolute atomic E-state index is 10.6. The molecule has 0 bridgehead atoms. The van der Waals surface area contributed by atoms with Crippen LogP contribution in [-0.4, -0.2) is 33.3 Å². The Balaban J connectivity index is 0.000000690. The summed E-state index contributed by atoms with van der Waals surface area (Å²) in [4.78, 5) is 23.0. The van der Waals surface area contributed by atoms with E-state index >= 15 is 0 Å². The summed E-state index contributed by atoms with van der Waals surface area (Å²) in [6.07, 6.45) is 0. The van der Waals surface area contributed by atoms with Crippen LogP contribution in [0.1, 0.15) is 0 Å². The summed E-state index contributed by atoms with van der Waals surface area (Å²) in [6, 6.07) is 2.98. The van der Waals surface area contributed by atoms with Crippen LogP contribution in [0.15, 0.2) is 23.2 Å². The fourth-order valence-corrected chi connectivity index (χ4v) is 1.01. The first-order valence-corrected chi connectivity index (χ1v) is 6.04. The molecule has 0 fully saturated rings. The number of hydrogen-bond donors (Lipinski definition) is 4. The minimum atomic E-state index is -4.67. The van der Waals surface area contributed by atoms with Crippen molar-refractivity contribution in [3.63, 3.8) is 0 Å². The SMILES string of the molecule is NC(N)=Nc1ccc([N+](=O)[O-])cc1[N+](=O)[O-].O=S(=O)(O)O. The Morgan fingerprint density at radius 3 is 1.95 bits per heavy atom. The molecule has 0 aliphatic heterocycles. The lowest BCUT2D eigenvalue weighted by atomic mass is 10.2. The van der Waals surface area contributed by atoms with Gasteiger partial charge in [0, 0.05) is 6.07 Å². The number of nitrogens with two attached hydrogens (primary N) is 2. The molecule has 0 heterocycles. The normalized spacial score (nSPS) is 10.0. The molecule has 0 saturated carbocycles. The highest BCUT2D eigenvalue weighted by atomic mass is 32.3. The summed E-state index contributed by atoms with van der Waals surface area (Å²) in [5, 5.41) is 21.0. The van der Waals surface area contributed by atoms with Crippen molar-refractivity contribution in [3.8, 4) is 0 Å². The molecule has 0 aliphatic rings. The lowest BCUT2D eigenvalue weighted by molar-refractivity contribution is -0.393. The standard InChI is InChI=1S/C7H7N5O4.H2O4S/c8-7(9)10-5-2-1-4(11(13)14)3-6(5)12(15)16;1-5(2,3)4/h1-3H,(H4,8,9,10);(H2,1,2,3,4). The Hall–Kier alpha value is -2.84. The van der Waals surface area contributed by atoms with Crippen molar-refractivity contribution < 1.29 is 27.4 Å². The number of benzene rings is 1. The van der Waals surface area contributed by atoms with Gasteiger partial charge in [0.1, 0.15) is 5.69 Å². The van der Waals surface area contributed by atoms with Crippen LogP contribution in [0.2, 0.25) is 0 Å². The third-order valence-corrected chi connectivity index (χ3v) is 1.62. The van der Waals surface area contributed by atoms with Crippen LogP contribution in [0.3, 0.4) is 0 Å². The maximum atomic E-state index is 10.6. The van der Waals surface area contributed by atoms with E-state index in [2.05, 4.69) is 4.99 Å². The fraction of sp³-hybridized carbons (Fsp3) is 0. The predicted octanol–water partition coefficient (Wildman–Crippen LogP) is -0.245. The number of non-ortho nitro benzene ring substituents is 1. The molecular weight excluding hydrogens is 314 g/mol. The number of rotatable bonds is 3. The smallest absolute Gasteiger partial charge is 0.370 e. The van der Waals surface area contributed by atoms with Gasteiger partial charge in [-0.05, 0) is 6.07 Å². The molecule has 13 nitrogen and oxygen atoms in total. The minimum absolute atomic E-state index is 0.129. The van der Waals surface area contributed by atoms with Gasteiger partial charge >= 0.3 is 16.1 Å². The van der Waals surface area contributed by atoms with E-state index < -0.39 is 31.6 Å². The van der Waals surface area contributed by atoms with Crippen molar-refractivity contribution >= 4 is 33.4 Å². The highest BCUT2D eigenvalue weighted by molar-refractivity contribution is 7.79. The van der Waals surface area contributed by atoms with Crippen LogP contribution in [-0.2, 0) is 10.4 Å². The number of aliphatic imine (C=N–C) groups is 1. The topological polar surface area (TPSA) is 225 Å². The van der Waals surface area contributed by atoms with Crippen molar-refractivity contribution in [1.29, 1.82) is 0 Å². The Morgan fingerprint density at radius 1 is 1.14 bits per heavy atom. The monoisotopic (exact) mass is 323 g/mol. The fourth-order valence-electron chi connectivity index (χ4n) is 1.01.